The van der Waals surface area contributed by atoms with Crippen LogP contribution in [0, 0.1) is 19.7 Å². The Morgan fingerprint density at radius 2 is 1.92 bits per heavy atom. The molecule has 0 saturated heterocycles. The van der Waals surface area contributed by atoms with Crippen LogP contribution in [0.2, 0.25) is 0 Å². The van der Waals surface area contributed by atoms with Crippen molar-refractivity contribution in [3.8, 4) is 17.0 Å². The van der Waals surface area contributed by atoms with Crippen molar-refractivity contribution in [3.63, 3.8) is 0 Å². The van der Waals surface area contributed by atoms with Crippen LogP contribution in [-0.2, 0) is 6.42 Å². The van der Waals surface area contributed by atoms with Gasteiger partial charge in [-0.15, -0.1) is 0 Å². The Morgan fingerprint density at radius 1 is 1.08 bits per heavy atom. The molecule has 0 radical (unpaired) electrons. The lowest BCUT2D eigenvalue weighted by Gasteiger charge is -2.03. The molecule has 2 aromatic carbocycles. The van der Waals surface area contributed by atoms with E-state index in [9.17, 15) is 4.39 Å². The number of nitrogens with zero attached hydrogens (tertiary/aromatic N) is 1. The van der Waals surface area contributed by atoms with Gasteiger partial charge in [-0.05, 0) is 61.2 Å². The molecule has 0 aliphatic heterocycles. The molecule has 1 heterocycles. The van der Waals surface area contributed by atoms with Crippen molar-refractivity contribution in [1.82, 2.24) is 10.2 Å². The Hall–Kier alpha value is -2.88. The zero-order chi connectivity index (χ0) is 17.8. The van der Waals surface area contributed by atoms with Gasteiger partial charge < -0.3 is 4.74 Å². The van der Waals surface area contributed by atoms with Gasteiger partial charge in [0.2, 0.25) is 0 Å². The van der Waals surface area contributed by atoms with Gasteiger partial charge in [0.15, 0.2) is 0 Å². The molecule has 3 rings (SSSR count). The van der Waals surface area contributed by atoms with Crippen LogP contribution in [0.1, 0.15) is 22.4 Å². The monoisotopic (exact) mass is 336 g/mol. The highest BCUT2D eigenvalue weighted by Crippen LogP contribution is 2.22. The molecule has 0 aliphatic rings. The van der Waals surface area contributed by atoms with Crippen molar-refractivity contribution >= 4 is 6.08 Å². The van der Waals surface area contributed by atoms with Gasteiger partial charge in [0, 0.05) is 11.6 Å². The molecular weight excluding hydrogens is 315 g/mol. The van der Waals surface area contributed by atoms with Crippen LogP contribution in [0.25, 0.3) is 17.3 Å². The highest BCUT2D eigenvalue weighted by Gasteiger charge is 2.05. The molecule has 3 nitrogen and oxygen atoms in total. The fraction of sp³-hybridized carbons (Fsp3) is 0.190. The quantitative estimate of drug-likeness (QED) is 0.704. The van der Waals surface area contributed by atoms with Crippen LogP contribution in [-0.4, -0.2) is 17.3 Å². The summed E-state index contributed by atoms with van der Waals surface area (Å²) in [5.41, 5.74) is 6.01. The summed E-state index contributed by atoms with van der Waals surface area (Å²) in [5, 5.41) is 7.36. The van der Waals surface area contributed by atoms with E-state index in [0.717, 1.165) is 17.0 Å². The van der Waals surface area contributed by atoms with Crippen LogP contribution in [0.15, 0.2) is 48.5 Å². The van der Waals surface area contributed by atoms with E-state index in [1.54, 1.807) is 12.1 Å². The number of rotatable bonds is 5. The smallest absolute Gasteiger partial charge is 0.130 e. The van der Waals surface area contributed by atoms with E-state index in [1.165, 1.54) is 24.3 Å². The number of hydrogen-bond acceptors (Lipinski definition) is 2. The number of aromatic amines is 1. The van der Waals surface area contributed by atoms with Gasteiger partial charge in [-0.1, -0.05) is 24.3 Å². The zero-order valence-corrected chi connectivity index (χ0v) is 14.6. The van der Waals surface area contributed by atoms with Crippen LogP contribution in [0.3, 0.4) is 0 Å². The minimum absolute atomic E-state index is 0.260. The largest absolute Gasteiger partial charge is 0.497 e. The molecule has 0 bridgehead atoms. The molecule has 0 atom stereocenters. The first kappa shape index (κ1) is 17.0. The summed E-state index contributed by atoms with van der Waals surface area (Å²) in [6, 6.07) is 13.2. The van der Waals surface area contributed by atoms with Crippen molar-refractivity contribution in [1.29, 1.82) is 0 Å². The number of ether oxygens (including phenoxy) is 1. The molecule has 0 fully saturated rings. The Labute approximate surface area is 147 Å². The van der Waals surface area contributed by atoms with E-state index in [1.807, 2.05) is 18.2 Å². The maximum absolute atomic E-state index is 13.9. The van der Waals surface area contributed by atoms with Crippen molar-refractivity contribution in [3.05, 3.63) is 76.7 Å². The average molecular weight is 336 g/mol. The number of aryl methyl sites for hydroxylation is 2. The molecule has 25 heavy (non-hydrogen) atoms. The number of allylic oxidation sites excluding steroid dienone is 1. The molecule has 1 N–H and O–H groups in total. The summed E-state index contributed by atoms with van der Waals surface area (Å²) in [6.45, 7) is 4.19. The van der Waals surface area contributed by atoms with E-state index in [-0.39, 0.29) is 5.82 Å². The third-order valence-electron chi connectivity index (χ3n) is 4.30. The van der Waals surface area contributed by atoms with Gasteiger partial charge in [-0.3, -0.25) is 5.10 Å². The first-order chi connectivity index (χ1) is 12.1. The van der Waals surface area contributed by atoms with Gasteiger partial charge >= 0.3 is 0 Å². The number of benzene rings is 2. The maximum Gasteiger partial charge on any atom is 0.130 e. The summed E-state index contributed by atoms with van der Waals surface area (Å²) < 4.78 is 18.9. The molecular formula is C21H21FN2O. The van der Waals surface area contributed by atoms with E-state index in [4.69, 9.17) is 4.74 Å². The number of hydrogen-bond donors (Lipinski definition) is 1. The Kier molecular flexibility index (Phi) is 4.98. The van der Waals surface area contributed by atoms with Crippen molar-refractivity contribution in [2.75, 3.05) is 7.11 Å². The van der Waals surface area contributed by atoms with Crippen LogP contribution >= 0.6 is 0 Å². The first-order valence-electron chi connectivity index (χ1n) is 8.19. The summed E-state index contributed by atoms with van der Waals surface area (Å²) in [6.07, 6.45) is 4.34. The summed E-state index contributed by atoms with van der Waals surface area (Å²) in [5.74, 6) is 0.265. The number of aromatic nitrogens is 2. The van der Waals surface area contributed by atoms with Crippen molar-refractivity contribution in [2.24, 2.45) is 0 Å². The number of halogens is 1. The van der Waals surface area contributed by atoms with Gasteiger partial charge in [0.05, 0.1) is 18.5 Å². The number of nitrogens with one attached hydrogen (secondary N) is 1. The molecule has 0 unspecified atom stereocenters. The molecule has 0 amide bonds. The molecule has 0 saturated carbocycles. The lowest BCUT2D eigenvalue weighted by atomic mass is 10.0. The van der Waals surface area contributed by atoms with Gasteiger partial charge in [-0.25, -0.2) is 4.39 Å². The highest BCUT2D eigenvalue weighted by atomic mass is 19.1. The van der Waals surface area contributed by atoms with Gasteiger partial charge in [0.1, 0.15) is 11.6 Å². The summed E-state index contributed by atoms with van der Waals surface area (Å²) >= 11 is 0. The lowest BCUT2D eigenvalue weighted by Crippen LogP contribution is -1.90. The second-order valence-corrected chi connectivity index (χ2v) is 6.07. The number of H-pyrrole nitrogens is 1. The Morgan fingerprint density at radius 3 is 2.64 bits per heavy atom. The third kappa shape index (κ3) is 3.97. The SMILES string of the molecule is COc1ccc(CC=Cc2cc(-c3ccc(C)c(C)c3)n[nH]2)c(F)c1. The van der Waals surface area contributed by atoms with E-state index in [0.29, 0.717) is 17.7 Å². The highest BCUT2D eigenvalue weighted by molar-refractivity contribution is 5.64. The molecule has 128 valence electrons. The predicted molar refractivity (Wildman–Crippen MR) is 99.2 cm³/mol. The average Bonchev–Trinajstić information content (AvgIpc) is 3.07. The third-order valence-corrected chi connectivity index (χ3v) is 4.30. The Bertz CT molecular complexity index is 912. The molecule has 4 heteroatoms. The number of methoxy groups -OCH3 is 1. The summed E-state index contributed by atoms with van der Waals surface area (Å²) in [4.78, 5) is 0. The standard InChI is InChI=1S/C21H21FN2O/c1-14-7-8-17(11-15(14)2)21-12-18(23-24-21)6-4-5-16-9-10-19(25-3)13-20(16)22/h4,6-13H,5H2,1-3H3,(H,23,24). The van der Waals surface area contributed by atoms with E-state index in [2.05, 4.69) is 42.2 Å². The Balaban J connectivity index is 1.70. The van der Waals surface area contributed by atoms with Crippen LogP contribution < -0.4 is 4.74 Å². The molecule has 0 spiro atoms. The van der Waals surface area contributed by atoms with E-state index >= 15 is 0 Å². The minimum Gasteiger partial charge on any atom is -0.497 e. The topological polar surface area (TPSA) is 37.9 Å². The zero-order valence-electron chi connectivity index (χ0n) is 14.6. The fourth-order valence-corrected chi connectivity index (χ4v) is 2.60. The molecule has 3 aromatic rings. The van der Waals surface area contributed by atoms with Crippen molar-refractivity contribution in [2.45, 2.75) is 20.3 Å². The fourth-order valence-electron chi connectivity index (χ4n) is 2.60. The molecule has 1 aromatic heterocycles. The summed E-state index contributed by atoms with van der Waals surface area (Å²) in [7, 11) is 1.53. The van der Waals surface area contributed by atoms with Crippen LogP contribution in [0.4, 0.5) is 4.39 Å². The van der Waals surface area contributed by atoms with E-state index < -0.39 is 0 Å². The van der Waals surface area contributed by atoms with Gasteiger partial charge in [-0.2, -0.15) is 5.10 Å². The predicted octanol–water partition coefficient (Wildman–Crippen LogP) is 5.10. The van der Waals surface area contributed by atoms with Crippen LogP contribution in [0.5, 0.6) is 5.75 Å². The van der Waals surface area contributed by atoms with Crippen molar-refractivity contribution < 1.29 is 9.13 Å². The first-order valence-corrected chi connectivity index (χ1v) is 8.19. The maximum atomic E-state index is 13.9. The second-order valence-electron chi connectivity index (χ2n) is 6.07. The van der Waals surface area contributed by atoms with Gasteiger partial charge in [0.25, 0.3) is 0 Å². The minimum atomic E-state index is -0.260. The normalized spacial score (nSPS) is 11.2. The lowest BCUT2D eigenvalue weighted by molar-refractivity contribution is 0.411. The second kappa shape index (κ2) is 7.34. The molecule has 0 aliphatic carbocycles.